The van der Waals surface area contributed by atoms with Crippen molar-refractivity contribution in [1.82, 2.24) is 0 Å². The molecule has 0 aliphatic carbocycles. The third kappa shape index (κ3) is 8.75. The molecule has 0 atom stereocenters. The van der Waals surface area contributed by atoms with E-state index >= 15 is 4.79 Å². The average Bonchev–Trinajstić information content (AvgIpc) is 3.35. The van der Waals surface area contributed by atoms with Crippen LogP contribution in [0.4, 0.5) is 0 Å². The Balaban J connectivity index is 1.42. The van der Waals surface area contributed by atoms with Crippen LogP contribution in [-0.2, 0) is 36.7 Å². The lowest BCUT2D eigenvalue weighted by Gasteiger charge is -2.41. The highest BCUT2D eigenvalue weighted by molar-refractivity contribution is 5.99. The fraction of sp³-hybridized carbons (Fsp3) is 0.185. The highest BCUT2D eigenvalue weighted by atomic mass is 16.5. The second-order valence-electron chi connectivity index (χ2n) is 14.9. The number of ether oxygens (including phenoxy) is 6. The van der Waals surface area contributed by atoms with Gasteiger partial charge in [-0.1, -0.05) is 140 Å². The van der Waals surface area contributed by atoms with Crippen LogP contribution < -0.4 is 18.9 Å². The van der Waals surface area contributed by atoms with Gasteiger partial charge in [0.05, 0.1) is 41.7 Å². The highest BCUT2D eigenvalue weighted by Gasteiger charge is 2.48. The van der Waals surface area contributed by atoms with Crippen molar-refractivity contribution in [1.29, 1.82) is 0 Å². The lowest BCUT2D eigenvalue weighted by molar-refractivity contribution is -0.152. The molecule has 0 aromatic heterocycles. The standard InChI is InChI=1S/C54H50O8/c1-57-47-28-20-43(21-29-47)53(41-16-10-6-11-17-41,44-22-30-48(58-2)31-23-44)61-38-52(37-55,51(56)36-40-14-8-5-9-15-40)39-62-54(42-18-12-7-13-19-42,45-24-32-49(59-3)33-25-45)46-26-34-50(60-4)35-27-46/h5-35,37H,36,38-39H2,1-4H3. The Morgan fingerprint density at radius 3 is 0.952 bits per heavy atom. The summed E-state index contributed by atoms with van der Waals surface area (Å²) in [6.45, 7) is -0.712. The number of carbonyl (C=O) groups excluding carboxylic acids is 2. The molecule has 8 heteroatoms. The Hall–Kier alpha value is -7.00. The molecule has 0 saturated carbocycles. The van der Waals surface area contributed by atoms with Gasteiger partial charge in [0.1, 0.15) is 45.9 Å². The number of rotatable bonds is 20. The van der Waals surface area contributed by atoms with Crippen LogP contribution in [0.5, 0.6) is 23.0 Å². The van der Waals surface area contributed by atoms with Gasteiger partial charge < -0.3 is 33.2 Å². The monoisotopic (exact) mass is 826 g/mol. The normalized spacial score (nSPS) is 11.7. The molecule has 0 amide bonds. The molecular formula is C54H50O8. The zero-order valence-corrected chi connectivity index (χ0v) is 35.4. The van der Waals surface area contributed by atoms with Crippen molar-refractivity contribution in [2.45, 2.75) is 17.6 Å². The van der Waals surface area contributed by atoms with Crippen molar-refractivity contribution in [2.75, 3.05) is 41.7 Å². The lowest BCUT2D eigenvalue weighted by atomic mass is 9.77. The second-order valence-corrected chi connectivity index (χ2v) is 14.9. The van der Waals surface area contributed by atoms with E-state index in [-0.39, 0.29) is 25.4 Å². The van der Waals surface area contributed by atoms with Crippen LogP contribution in [0.1, 0.15) is 38.9 Å². The smallest absolute Gasteiger partial charge is 0.155 e. The highest BCUT2D eigenvalue weighted by Crippen LogP contribution is 2.46. The molecule has 0 fully saturated rings. The number of aldehydes is 1. The minimum absolute atomic E-state index is 0.0425. The summed E-state index contributed by atoms with van der Waals surface area (Å²) in [6, 6.07) is 59.4. The number of carbonyl (C=O) groups is 2. The van der Waals surface area contributed by atoms with Gasteiger partial charge in [0, 0.05) is 6.42 Å². The number of ketones is 1. The number of hydrogen-bond acceptors (Lipinski definition) is 8. The molecule has 7 rings (SSSR count). The Bertz CT molecular complexity index is 2250. The van der Waals surface area contributed by atoms with Gasteiger partial charge in [0.25, 0.3) is 0 Å². The molecule has 0 aliphatic heterocycles. The number of hydrogen-bond donors (Lipinski definition) is 0. The topological polar surface area (TPSA) is 89.5 Å². The van der Waals surface area contributed by atoms with E-state index in [2.05, 4.69) is 0 Å². The molecule has 7 aromatic carbocycles. The summed E-state index contributed by atoms with van der Waals surface area (Å²) < 4.78 is 36.9. The molecule has 0 unspecified atom stereocenters. The largest absolute Gasteiger partial charge is 0.497 e. The fourth-order valence-electron chi connectivity index (χ4n) is 7.92. The molecule has 62 heavy (non-hydrogen) atoms. The van der Waals surface area contributed by atoms with Gasteiger partial charge in [0.2, 0.25) is 0 Å². The molecule has 0 spiro atoms. The number of benzene rings is 7. The molecule has 0 N–H and O–H groups in total. The van der Waals surface area contributed by atoms with Crippen LogP contribution in [0.25, 0.3) is 0 Å². The van der Waals surface area contributed by atoms with Crippen LogP contribution >= 0.6 is 0 Å². The van der Waals surface area contributed by atoms with E-state index in [1.165, 1.54) is 0 Å². The van der Waals surface area contributed by atoms with E-state index in [4.69, 9.17) is 28.4 Å². The third-order valence-corrected chi connectivity index (χ3v) is 11.4. The van der Waals surface area contributed by atoms with E-state index in [9.17, 15) is 4.79 Å². The summed E-state index contributed by atoms with van der Waals surface area (Å²) in [6.07, 6.45) is 0.660. The third-order valence-electron chi connectivity index (χ3n) is 11.4. The second kappa shape index (κ2) is 19.6. The molecule has 0 heterocycles. The van der Waals surface area contributed by atoms with Gasteiger partial charge in [-0.15, -0.1) is 0 Å². The fourth-order valence-corrected chi connectivity index (χ4v) is 7.92. The van der Waals surface area contributed by atoms with E-state index in [0.717, 1.165) is 38.9 Å². The molecule has 314 valence electrons. The quantitative estimate of drug-likeness (QED) is 0.0427. The Morgan fingerprint density at radius 2 is 0.677 bits per heavy atom. The van der Waals surface area contributed by atoms with Gasteiger partial charge >= 0.3 is 0 Å². The van der Waals surface area contributed by atoms with E-state index in [0.29, 0.717) is 29.3 Å². The van der Waals surface area contributed by atoms with Crippen molar-refractivity contribution in [3.05, 3.63) is 227 Å². The molecule has 0 aliphatic rings. The molecule has 0 saturated heterocycles. The summed E-state index contributed by atoms with van der Waals surface area (Å²) in [5.74, 6) is 2.28. The molecule has 8 nitrogen and oxygen atoms in total. The Kier molecular flexibility index (Phi) is 13.6. The van der Waals surface area contributed by atoms with Gasteiger partial charge in [-0.05, 0) is 87.5 Å². The van der Waals surface area contributed by atoms with Crippen molar-refractivity contribution in [3.8, 4) is 23.0 Å². The van der Waals surface area contributed by atoms with Crippen LogP contribution in [-0.4, -0.2) is 53.7 Å². The van der Waals surface area contributed by atoms with Crippen LogP contribution in [0.15, 0.2) is 188 Å². The maximum Gasteiger partial charge on any atom is 0.155 e. The zero-order valence-electron chi connectivity index (χ0n) is 35.4. The number of methoxy groups -OCH3 is 4. The van der Waals surface area contributed by atoms with E-state index in [1.807, 2.05) is 188 Å². The van der Waals surface area contributed by atoms with Crippen molar-refractivity contribution >= 4 is 12.1 Å². The average molecular weight is 827 g/mol. The molecular weight excluding hydrogens is 777 g/mol. The first-order valence-corrected chi connectivity index (χ1v) is 20.3. The summed E-state index contributed by atoms with van der Waals surface area (Å²) >= 11 is 0. The predicted molar refractivity (Wildman–Crippen MR) is 240 cm³/mol. The summed E-state index contributed by atoms with van der Waals surface area (Å²) in [4.78, 5) is 29.4. The first-order chi connectivity index (χ1) is 30.3. The summed E-state index contributed by atoms with van der Waals surface area (Å²) in [5, 5.41) is 0. The van der Waals surface area contributed by atoms with Crippen molar-refractivity contribution < 1.29 is 38.0 Å². The minimum Gasteiger partial charge on any atom is -0.497 e. The first-order valence-electron chi connectivity index (χ1n) is 20.3. The summed E-state index contributed by atoms with van der Waals surface area (Å²) in [5.41, 5.74) is 0.816. The van der Waals surface area contributed by atoms with Crippen LogP contribution in [0, 0.1) is 5.41 Å². The minimum atomic E-state index is -1.84. The molecule has 0 bridgehead atoms. The van der Waals surface area contributed by atoms with E-state index < -0.39 is 16.6 Å². The van der Waals surface area contributed by atoms with Crippen LogP contribution in [0.2, 0.25) is 0 Å². The van der Waals surface area contributed by atoms with Gasteiger partial charge in [-0.3, -0.25) is 4.79 Å². The molecule has 7 aromatic rings. The first kappa shape index (κ1) is 43.1. The lowest BCUT2D eigenvalue weighted by Crippen LogP contribution is -2.48. The molecule has 0 radical (unpaired) electrons. The maximum atomic E-state index is 15.2. The predicted octanol–water partition coefficient (Wildman–Crippen LogP) is 10.0. The number of Topliss-reactive ketones (excluding diaryl/α,β-unsaturated/α-hetero) is 1. The summed E-state index contributed by atoms with van der Waals surface area (Å²) in [7, 11) is 6.46. The Labute approximate surface area is 363 Å². The van der Waals surface area contributed by atoms with Crippen LogP contribution in [0.3, 0.4) is 0 Å². The zero-order chi connectivity index (χ0) is 43.4. The van der Waals surface area contributed by atoms with E-state index in [1.54, 1.807) is 28.4 Å². The van der Waals surface area contributed by atoms with Gasteiger partial charge in [-0.2, -0.15) is 0 Å². The van der Waals surface area contributed by atoms with Crippen molar-refractivity contribution in [2.24, 2.45) is 5.41 Å². The SMILES string of the molecule is COc1ccc(C(OCC(C=O)(COC(c2ccccc2)(c2ccc(OC)cc2)c2ccc(OC)cc2)C(=O)Cc2ccccc2)(c2ccccc2)c2ccc(OC)cc2)cc1. The maximum absolute atomic E-state index is 15.2. The Morgan fingerprint density at radius 1 is 0.403 bits per heavy atom. The van der Waals surface area contributed by atoms with Gasteiger partial charge in [0.15, 0.2) is 5.78 Å². The van der Waals surface area contributed by atoms with Gasteiger partial charge in [-0.25, -0.2) is 0 Å². The van der Waals surface area contributed by atoms with Crippen molar-refractivity contribution in [3.63, 3.8) is 0 Å².